The minimum Gasteiger partial charge on any atom is -0.323 e. The maximum Gasteiger partial charge on any atom is 0.0659 e. The van der Waals surface area contributed by atoms with Gasteiger partial charge in [-0.1, -0.05) is 18.2 Å². The molecule has 0 atom stereocenters. The van der Waals surface area contributed by atoms with Crippen molar-refractivity contribution in [2.75, 3.05) is 0 Å². The summed E-state index contributed by atoms with van der Waals surface area (Å²) in [6.45, 7) is 0.763. The zero-order valence-corrected chi connectivity index (χ0v) is 8.24. The van der Waals surface area contributed by atoms with Crippen LogP contribution in [-0.2, 0) is 6.54 Å². The van der Waals surface area contributed by atoms with Crippen LogP contribution in [0.5, 0.6) is 0 Å². The molecule has 0 saturated heterocycles. The van der Waals surface area contributed by atoms with Crippen LogP contribution in [0.15, 0.2) is 47.8 Å². The van der Waals surface area contributed by atoms with Crippen LogP contribution in [0.25, 0.3) is 0 Å². The summed E-state index contributed by atoms with van der Waals surface area (Å²) in [5.74, 6) is 5.10. The standard InChI is InChI=1S/C11H12N4/c12-13-8-10-3-1-4-11(7-10)9-15-6-2-5-14-15/h1-8H,9,12H2. The molecule has 4 heteroatoms. The Morgan fingerprint density at radius 3 is 3.07 bits per heavy atom. The summed E-state index contributed by atoms with van der Waals surface area (Å²) in [4.78, 5) is 0. The van der Waals surface area contributed by atoms with Crippen molar-refractivity contribution in [1.29, 1.82) is 0 Å². The fraction of sp³-hybridized carbons (Fsp3) is 0.0909. The lowest BCUT2D eigenvalue weighted by Crippen LogP contribution is -2.00. The Hall–Kier alpha value is -2.10. The molecule has 0 bridgehead atoms. The van der Waals surface area contributed by atoms with Gasteiger partial charge in [-0.25, -0.2) is 0 Å². The molecule has 2 rings (SSSR count). The number of hydrazone groups is 1. The number of aromatic nitrogens is 2. The van der Waals surface area contributed by atoms with Crippen LogP contribution in [-0.4, -0.2) is 16.0 Å². The van der Waals surface area contributed by atoms with Gasteiger partial charge in [-0.15, -0.1) is 0 Å². The first-order chi connectivity index (χ1) is 7.38. The Morgan fingerprint density at radius 2 is 2.33 bits per heavy atom. The molecule has 0 aliphatic carbocycles. The third-order valence-corrected chi connectivity index (χ3v) is 2.08. The average molecular weight is 200 g/mol. The van der Waals surface area contributed by atoms with Crippen molar-refractivity contribution in [2.24, 2.45) is 10.9 Å². The molecule has 0 fully saturated rings. The molecule has 4 nitrogen and oxygen atoms in total. The van der Waals surface area contributed by atoms with E-state index in [9.17, 15) is 0 Å². The Labute approximate surface area is 88.0 Å². The second kappa shape index (κ2) is 4.41. The summed E-state index contributed by atoms with van der Waals surface area (Å²) < 4.78 is 1.87. The number of benzene rings is 1. The van der Waals surface area contributed by atoms with Gasteiger partial charge in [0.25, 0.3) is 0 Å². The van der Waals surface area contributed by atoms with Gasteiger partial charge in [0.2, 0.25) is 0 Å². The Kier molecular flexibility index (Phi) is 2.78. The van der Waals surface area contributed by atoms with Crippen LogP contribution >= 0.6 is 0 Å². The number of rotatable bonds is 3. The molecule has 0 aliphatic heterocycles. The molecule has 0 aliphatic rings. The molecule has 0 amide bonds. The quantitative estimate of drug-likeness (QED) is 0.460. The SMILES string of the molecule is NN=Cc1cccc(Cn2cccn2)c1. The van der Waals surface area contributed by atoms with E-state index >= 15 is 0 Å². The summed E-state index contributed by atoms with van der Waals surface area (Å²) >= 11 is 0. The predicted molar refractivity (Wildman–Crippen MR) is 59.6 cm³/mol. The first-order valence-corrected chi connectivity index (χ1v) is 4.68. The molecule has 1 heterocycles. The molecule has 0 unspecified atom stereocenters. The molecule has 0 saturated carbocycles. The highest BCUT2D eigenvalue weighted by atomic mass is 15.3. The van der Waals surface area contributed by atoms with Crippen molar-refractivity contribution in [2.45, 2.75) is 6.54 Å². The first-order valence-electron chi connectivity index (χ1n) is 4.68. The van der Waals surface area contributed by atoms with E-state index in [0.717, 1.165) is 12.1 Å². The van der Waals surface area contributed by atoms with Crippen molar-refractivity contribution in [3.05, 3.63) is 53.9 Å². The van der Waals surface area contributed by atoms with Gasteiger partial charge in [-0.05, 0) is 23.3 Å². The van der Waals surface area contributed by atoms with E-state index in [1.54, 1.807) is 12.4 Å². The first kappa shape index (κ1) is 9.45. The molecular weight excluding hydrogens is 188 g/mol. The topological polar surface area (TPSA) is 56.2 Å². The lowest BCUT2D eigenvalue weighted by atomic mass is 10.1. The van der Waals surface area contributed by atoms with Crippen LogP contribution in [0.4, 0.5) is 0 Å². The van der Waals surface area contributed by atoms with Crippen molar-refractivity contribution in [3.63, 3.8) is 0 Å². The Bertz CT molecular complexity index is 445. The lowest BCUT2D eigenvalue weighted by Gasteiger charge is -2.02. The summed E-state index contributed by atoms with van der Waals surface area (Å²) in [5, 5.41) is 7.64. The van der Waals surface area contributed by atoms with Gasteiger partial charge < -0.3 is 5.84 Å². The normalized spacial score (nSPS) is 10.9. The van der Waals surface area contributed by atoms with E-state index in [1.165, 1.54) is 5.56 Å². The van der Waals surface area contributed by atoms with Gasteiger partial charge in [0.05, 0.1) is 12.8 Å². The van der Waals surface area contributed by atoms with Crippen LogP contribution in [0.1, 0.15) is 11.1 Å². The molecule has 76 valence electrons. The fourth-order valence-electron chi connectivity index (χ4n) is 1.44. The summed E-state index contributed by atoms with van der Waals surface area (Å²) in [7, 11) is 0. The maximum absolute atomic E-state index is 5.10. The van der Waals surface area contributed by atoms with Gasteiger partial charge in [-0.3, -0.25) is 4.68 Å². The van der Waals surface area contributed by atoms with Crippen LogP contribution in [0, 0.1) is 0 Å². The van der Waals surface area contributed by atoms with Crippen LogP contribution in [0.3, 0.4) is 0 Å². The van der Waals surface area contributed by atoms with E-state index in [4.69, 9.17) is 5.84 Å². The molecule has 1 aromatic carbocycles. The maximum atomic E-state index is 5.10. The highest BCUT2D eigenvalue weighted by Crippen LogP contribution is 2.05. The summed E-state index contributed by atoms with van der Waals surface area (Å²) in [5.41, 5.74) is 2.18. The number of hydrogen-bond acceptors (Lipinski definition) is 3. The van der Waals surface area contributed by atoms with Crippen molar-refractivity contribution in [3.8, 4) is 0 Å². The van der Waals surface area contributed by atoms with Crippen molar-refractivity contribution < 1.29 is 0 Å². The van der Waals surface area contributed by atoms with Crippen LogP contribution in [0.2, 0.25) is 0 Å². The second-order valence-electron chi connectivity index (χ2n) is 3.23. The largest absolute Gasteiger partial charge is 0.323 e. The van der Waals surface area contributed by atoms with Gasteiger partial charge in [0, 0.05) is 12.4 Å². The number of hydrogen-bond donors (Lipinski definition) is 1. The molecule has 0 spiro atoms. The highest BCUT2D eigenvalue weighted by Gasteiger charge is 1.95. The van der Waals surface area contributed by atoms with Crippen molar-refractivity contribution in [1.82, 2.24) is 9.78 Å². The zero-order valence-electron chi connectivity index (χ0n) is 8.24. The number of nitrogens with zero attached hydrogens (tertiary/aromatic N) is 3. The molecular formula is C11H12N4. The monoisotopic (exact) mass is 200 g/mol. The lowest BCUT2D eigenvalue weighted by molar-refractivity contribution is 0.687. The third-order valence-electron chi connectivity index (χ3n) is 2.08. The van der Waals surface area contributed by atoms with Crippen LogP contribution < -0.4 is 5.84 Å². The molecule has 2 N–H and O–H groups in total. The van der Waals surface area contributed by atoms with Gasteiger partial charge >= 0.3 is 0 Å². The molecule has 15 heavy (non-hydrogen) atoms. The zero-order chi connectivity index (χ0) is 10.5. The highest BCUT2D eigenvalue weighted by molar-refractivity contribution is 5.79. The van der Waals surface area contributed by atoms with Gasteiger partial charge in [0.1, 0.15) is 0 Å². The van der Waals surface area contributed by atoms with E-state index in [1.807, 2.05) is 35.1 Å². The average Bonchev–Trinajstić information content (AvgIpc) is 2.71. The van der Waals surface area contributed by atoms with Crippen molar-refractivity contribution >= 4 is 6.21 Å². The molecule has 0 radical (unpaired) electrons. The predicted octanol–water partition coefficient (Wildman–Crippen LogP) is 1.22. The van der Waals surface area contributed by atoms with E-state index < -0.39 is 0 Å². The van der Waals surface area contributed by atoms with Gasteiger partial charge in [0.15, 0.2) is 0 Å². The van der Waals surface area contributed by atoms with Gasteiger partial charge in [-0.2, -0.15) is 10.2 Å². The second-order valence-corrected chi connectivity index (χ2v) is 3.23. The third kappa shape index (κ3) is 2.43. The minimum atomic E-state index is 0.763. The summed E-state index contributed by atoms with van der Waals surface area (Å²) in [6.07, 6.45) is 5.33. The molecule has 1 aromatic heterocycles. The fourth-order valence-corrected chi connectivity index (χ4v) is 1.44. The van der Waals surface area contributed by atoms with E-state index in [-0.39, 0.29) is 0 Å². The van der Waals surface area contributed by atoms with E-state index in [0.29, 0.717) is 0 Å². The van der Waals surface area contributed by atoms with E-state index in [2.05, 4.69) is 16.3 Å². The Morgan fingerprint density at radius 1 is 1.40 bits per heavy atom. The number of nitrogens with two attached hydrogens (primary N) is 1. The molecule has 2 aromatic rings. The Balaban J connectivity index is 2.18. The summed E-state index contributed by atoms with van der Waals surface area (Å²) in [6, 6.07) is 9.94. The minimum absolute atomic E-state index is 0.763. The smallest absolute Gasteiger partial charge is 0.0659 e.